The molecular weight excluding hydrogens is 302 g/mol. The van der Waals surface area contributed by atoms with E-state index in [1.807, 2.05) is 6.20 Å². The van der Waals surface area contributed by atoms with Gasteiger partial charge in [0, 0.05) is 28.7 Å². The first-order valence-electron chi connectivity index (χ1n) is 6.93. The molecule has 1 saturated heterocycles. The maximum Gasteiger partial charge on any atom is 0.159 e. The molecule has 19 heavy (non-hydrogen) atoms. The van der Waals surface area contributed by atoms with Crippen molar-refractivity contribution >= 4 is 32.5 Å². The van der Waals surface area contributed by atoms with E-state index in [9.17, 15) is 0 Å². The van der Waals surface area contributed by atoms with Crippen LogP contribution in [-0.4, -0.2) is 28.1 Å². The van der Waals surface area contributed by atoms with Gasteiger partial charge in [0.15, 0.2) is 5.82 Å². The van der Waals surface area contributed by atoms with Gasteiger partial charge in [0.25, 0.3) is 0 Å². The number of hydrogen-bond donors (Lipinski definition) is 0. The second kappa shape index (κ2) is 5.87. The minimum atomic E-state index is 0.530. The smallest absolute Gasteiger partial charge is 0.159 e. The molecule has 1 aromatic carbocycles. The van der Waals surface area contributed by atoms with E-state index in [0.29, 0.717) is 6.04 Å². The summed E-state index contributed by atoms with van der Waals surface area (Å²) < 4.78 is 0. The van der Waals surface area contributed by atoms with Crippen LogP contribution in [0.25, 0.3) is 10.8 Å². The van der Waals surface area contributed by atoms with Crippen molar-refractivity contribution in [3.8, 4) is 0 Å². The predicted molar refractivity (Wildman–Crippen MR) is 82.9 cm³/mol. The first-order valence-corrected chi connectivity index (χ1v) is 8.05. The average molecular weight is 320 g/mol. The van der Waals surface area contributed by atoms with Crippen molar-refractivity contribution in [3.05, 3.63) is 30.5 Å². The second-order valence-corrected chi connectivity index (χ2v) is 5.75. The van der Waals surface area contributed by atoms with Gasteiger partial charge in [0.05, 0.1) is 6.20 Å². The van der Waals surface area contributed by atoms with Gasteiger partial charge in [-0.15, -0.1) is 5.10 Å². The Morgan fingerprint density at radius 1 is 1.21 bits per heavy atom. The van der Waals surface area contributed by atoms with Gasteiger partial charge >= 0.3 is 0 Å². The lowest BCUT2D eigenvalue weighted by Gasteiger charge is -2.30. The lowest BCUT2D eigenvalue weighted by atomic mass is 10.1. The Labute approximate surface area is 122 Å². The van der Waals surface area contributed by atoms with Crippen LogP contribution < -0.4 is 4.90 Å². The van der Waals surface area contributed by atoms with Crippen LogP contribution >= 0.6 is 15.9 Å². The highest BCUT2D eigenvalue weighted by atomic mass is 79.9. The highest BCUT2D eigenvalue weighted by molar-refractivity contribution is 9.09. The van der Waals surface area contributed by atoms with Crippen molar-refractivity contribution in [2.75, 3.05) is 16.8 Å². The van der Waals surface area contributed by atoms with Gasteiger partial charge in [-0.3, -0.25) is 0 Å². The standard InChI is InChI=1S/C15H18BrN3/c16-10-13-7-2-1-5-9-19(13)15-14-8-4-3-6-12(14)11-17-18-15/h3-4,6,8,11,13H,1-2,5,7,9-10H2. The third-order valence-electron chi connectivity index (χ3n) is 3.88. The van der Waals surface area contributed by atoms with Gasteiger partial charge in [-0.1, -0.05) is 53.0 Å². The van der Waals surface area contributed by atoms with Crippen LogP contribution in [0, 0.1) is 0 Å². The SMILES string of the molecule is BrCC1CCCCCN1c1nncc2ccccc12. The molecule has 1 aliphatic heterocycles. The number of benzene rings is 1. The van der Waals surface area contributed by atoms with E-state index in [1.165, 1.54) is 36.5 Å². The van der Waals surface area contributed by atoms with Crippen LogP contribution in [0.15, 0.2) is 30.5 Å². The van der Waals surface area contributed by atoms with Gasteiger partial charge in [-0.05, 0) is 12.8 Å². The predicted octanol–water partition coefficient (Wildman–Crippen LogP) is 3.77. The molecule has 1 aliphatic rings. The van der Waals surface area contributed by atoms with E-state index >= 15 is 0 Å². The Bertz CT molecular complexity index is 553. The molecule has 0 bridgehead atoms. The van der Waals surface area contributed by atoms with E-state index < -0.39 is 0 Å². The van der Waals surface area contributed by atoms with Crippen LogP contribution in [0.1, 0.15) is 25.7 Å². The first kappa shape index (κ1) is 12.9. The Kier molecular flexibility index (Phi) is 3.97. The van der Waals surface area contributed by atoms with E-state index in [4.69, 9.17) is 0 Å². The molecule has 100 valence electrons. The van der Waals surface area contributed by atoms with Crippen LogP contribution in [0.5, 0.6) is 0 Å². The highest BCUT2D eigenvalue weighted by Gasteiger charge is 2.23. The molecule has 0 aliphatic carbocycles. The summed E-state index contributed by atoms with van der Waals surface area (Å²) in [4.78, 5) is 2.44. The number of halogens is 1. The van der Waals surface area contributed by atoms with Crippen molar-refractivity contribution in [1.29, 1.82) is 0 Å². The molecule has 0 amide bonds. The van der Waals surface area contributed by atoms with Gasteiger partial charge in [0.2, 0.25) is 0 Å². The molecule has 2 heterocycles. The molecule has 3 nitrogen and oxygen atoms in total. The maximum absolute atomic E-state index is 4.43. The van der Waals surface area contributed by atoms with Crippen molar-refractivity contribution < 1.29 is 0 Å². The van der Waals surface area contributed by atoms with E-state index in [2.05, 4.69) is 55.3 Å². The summed E-state index contributed by atoms with van der Waals surface area (Å²) in [6.07, 6.45) is 6.95. The summed E-state index contributed by atoms with van der Waals surface area (Å²) in [5.41, 5.74) is 0. The van der Waals surface area contributed by atoms with Crippen molar-refractivity contribution in [2.24, 2.45) is 0 Å². The monoisotopic (exact) mass is 319 g/mol. The molecule has 2 aromatic rings. The first-order chi connectivity index (χ1) is 9.40. The quantitative estimate of drug-likeness (QED) is 0.789. The normalized spacial score (nSPS) is 20.5. The highest BCUT2D eigenvalue weighted by Crippen LogP contribution is 2.29. The summed E-state index contributed by atoms with van der Waals surface area (Å²) in [7, 11) is 0. The van der Waals surface area contributed by atoms with E-state index in [0.717, 1.165) is 17.7 Å². The number of fused-ring (bicyclic) bond motifs is 1. The third-order valence-corrected chi connectivity index (χ3v) is 4.63. The molecule has 1 fully saturated rings. The minimum Gasteiger partial charge on any atom is -0.351 e. The topological polar surface area (TPSA) is 29.0 Å². The zero-order chi connectivity index (χ0) is 13.1. The van der Waals surface area contributed by atoms with Crippen LogP contribution in [0.3, 0.4) is 0 Å². The Morgan fingerprint density at radius 3 is 3.00 bits per heavy atom. The van der Waals surface area contributed by atoms with E-state index in [1.54, 1.807) is 0 Å². The summed E-state index contributed by atoms with van der Waals surface area (Å²) >= 11 is 3.66. The fourth-order valence-corrected chi connectivity index (χ4v) is 3.51. The minimum absolute atomic E-state index is 0.530. The van der Waals surface area contributed by atoms with Crippen LogP contribution in [0.2, 0.25) is 0 Å². The molecule has 3 rings (SSSR count). The second-order valence-electron chi connectivity index (χ2n) is 5.11. The summed E-state index contributed by atoms with van der Waals surface area (Å²) in [6.45, 7) is 1.08. The van der Waals surface area contributed by atoms with Gasteiger partial charge < -0.3 is 4.90 Å². The number of nitrogens with zero attached hydrogens (tertiary/aromatic N) is 3. The summed E-state index contributed by atoms with van der Waals surface area (Å²) in [5.74, 6) is 1.05. The Morgan fingerprint density at radius 2 is 2.11 bits per heavy atom. The molecule has 0 radical (unpaired) electrons. The molecule has 0 spiro atoms. The number of aromatic nitrogens is 2. The van der Waals surface area contributed by atoms with Gasteiger partial charge in [-0.25, -0.2) is 0 Å². The van der Waals surface area contributed by atoms with Gasteiger partial charge in [0.1, 0.15) is 0 Å². The Hall–Kier alpha value is -1.16. The Balaban J connectivity index is 2.06. The zero-order valence-electron chi connectivity index (χ0n) is 10.9. The molecule has 1 unspecified atom stereocenters. The van der Waals surface area contributed by atoms with E-state index in [-0.39, 0.29) is 0 Å². The van der Waals surface area contributed by atoms with Crippen molar-refractivity contribution in [2.45, 2.75) is 31.7 Å². The van der Waals surface area contributed by atoms with Crippen LogP contribution in [-0.2, 0) is 0 Å². The van der Waals surface area contributed by atoms with Crippen molar-refractivity contribution in [1.82, 2.24) is 10.2 Å². The number of rotatable bonds is 2. The number of hydrogen-bond acceptors (Lipinski definition) is 3. The fourth-order valence-electron chi connectivity index (χ4n) is 2.84. The fraction of sp³-hybridized carbons (Fsp3) is 0.467. The molecule has 1 aromatic heterocycles. The molecule has 1 atom stereocenters. The summed E-state index contributed by atoms with van der Waals surface area (Å²) in [5, 5.41) is 12.0. The third kappa shape index (κ3) is 2.59. The molecule has 0 saturated carbocycles. The van der Waals surface area contributed by atoms with Crippen LogP contribution in [0.4, 0.5) is 5.82 Å². The molecule has 0 N–H and O–H groups in total. The lowest BCUT2D eigenvalue weighted by Crippen LogP contribution is -2.37. The number of anilines is 1. The van der Waals surface area contributed by atoms with Gasteiger partial charge in [-0.2, -0.15) is 5.10 Å². The molecule has 4 heteroatoms. The largest absolute Gasteiger partial charge is 0.351 e. The zero-order valence-corrected chi connectivity index (χ0v) is 12.5. The summed E-state index contributed by atoms with van der Waals surface area (Å²) in [6, 6.07) is 8.92. The average Bonchev–Trinajstić information content (AvgIpc) is 2.71. The lowest BCUT2D eigenvalue weighted by molar-refractivity contribution is 0.620. The molecular formula is C15H18BrN3. The maximum atomic E-state index is 4.43. The van der Waals surface area contributed by atoms with Crippen molar-refractivity contribution in [3.63, 3.8) is 0 Å². The number of alkyl halides is 1.